The van der Waals surface area contributed by atoms with E-state index in [-0.39, 0.29) is 37.1 Å². The van der Waals surface area contributed by atoms with Gasteiger partial charge in [-0.05, 0) is 24.7 Å². The molecule has 0 aromatic carbocycles. The molecule has 0 amide bonds. The van der Waals surface area contributed by atoms with Crippen molar-refractivity contribution in [3.8, 4) is 0 Å². The second kappa shape index (κ2) is 6.54. The van der Waals surface area contributed by atoms with Crippen molar-refractivity contribution >= 4 is 17.9 Å². The maximum Gasteiger partial charge on any atom is 0.323 e. The van der Waals surface area contributed by atoms with Gasteiger partial charge in [0.25, 0.3) is 0 Å². The number of rotatable bonds is 5. The molecule has 1 aliphatic rings. The van der Waals surface area contributed by atoms with Crippen LogP contribution in [0.15, 0.2) is 12.7 Å². The first-order chi connectivity index (χ1) is 9.44. The Kier molecular flexibility index (Phi) is 5.30. The molecule has 6 heteroatoms. The minimum absolute atomic E-state index is 0.128. The Morgan fingerprint density at radius 1 is 1.10 bits per heavy atom. The molecule has 2 atom stereocenters. The second-order valence-corrected chi connectivity index (χ2v) is 4.91. The van der Waals surface area contributed by atoms with E-state index >= 15 is 0 Å². The van der Waals surface area contributed by atoms with E-state index < -0.39 is 17.4 Å². The number of methoxy groups -OCH3 is 3. The van der Waals surface area contributed by atoms with Gasteiger partial charge >= 0.3 is 17.9 Å². The van der Waals surface area contributed by atoms with E-state index in [9.17, 15) is 14.4 Å². The van der Waals surface area contributed by atoms with Crippen molar-refractivity contribution in [2.24, 2.45) is 17.3 Å². The second-order valence-electron chi connectivity index (χ2n) is 4.91. The first kappa shape index (κ1) is 16.2. The molecule has 0 N–H and O–H groups in total. The lowest BCUT2D eigenvalue weighted by Gasteiger charge is -2.23. The molecule has 0 unspecified atom stereocenters. The standard InChI is InChI=1S/C14H20O6/c1-5-9-7-14(12(16)19-3,13(17)20-4)8-10(9)6-11(15)18-2/h5,9-10H,1,6-8H2,2-4H3/t9-,10+/m1/s1. The van der Waals surface area contributed by atoms with Gasteiger partial charge in [0.15, 0.2) is 5.41 Å². The fourth-order valence-electron chi connectivity index (χ4n) is 2.86. The molecule has 6 nitrogen and oxygen atoms in total. The Bertz CT molecular complexity index is 398. The van der Waals surface area contributed by atoms with Gasteiger partial charge in [-0.3, -0.25) is 14.4 Å². The quantitative estimate of drug-likeness (QED) is 0.325. The summed E-state index contributed by atoms with van der Waals surface area (Å²) >= 11 is 0. The molecule has 0 aromatic heterocycles. The summed E-state index contributed by atoms with van der Waals surface area (Å²) in [5.74, 6) is -2.00. The van der Waals surface area contributed by atoms with Crippen molar-refractivity contribution in [3.63, 3.8) is 0 Å². The summed E-state index contributed by atoms with van der Waals surface area (Å²) in [4.78, 5) is 35.5. The number of hydrogen-bond donors (Lipinski definition) is 0. The average molecular weight is 284 g/mol. The van der Waals surface area contributed by atoms with Gasteiger partial charge in [0.1, 0.15) is 0 Å². The van der Waals surface area contributed by atoms with Crippen LogP contribution in [0.4, 0.5) is 0 Å². The fraction of sp³-hybridized carbons (Fsp3) is 0.643. The van der Waals surface area contributed by atoms with E-state index in [4.69, 9.17) is 9.47 Å². The fourth-order valence-corrected chi connectivity index (χ4v) is 2.86. The molecule has 1 saturated carbocycles. The Morgan fingerprint density at radius 2 is 1.65 bits per heavy atom. The van der Waals surface area contributed by atoms with Crippen molar-refractivity contribution in [3.05, 3.63) is 12.7 Å². The van der Waals surface area contributed by atoms with Crippen LogP contribution in [0.3, 0.4) is 0 Å². The van der Waals surface area contributed by atoms with Gasteiger partial charge in [-0.2, -0.15) is 0 Å². The molecular weight excluding hydrogens is 264 g/mol. The zero-order valence-electron chi connectivity index (χ0n) is 12.0. The number of esters is 3. The minimum Gasteiger partial charge on any atom is -0.469 e. The van der Waals surface area contributed by atoms with Crippen LogP contribution in [-0.2, 0) is 28.6 Å². The number of allylic oxidation sites excluding steroid dienone is 1. The molecule has 112 valence electrons. The van der Waals surface area contributed by atoms with Crippen LogP contribution < -0.4 is 0 Å². The minimum atomic E-state index is -1.36. The summed E-state index contributed by atoms with van der Waals surface area (Å²) < 4.78 is 14.1. The van der Waals surface area contributed by atoms with Crippen LogP contribution >= 0.6 is 0 Å². The van der Waals surface area contributed by atoms with Gasteiger partial charge < -0.3 is 14.2 Å². The van der Waals surface area contributed by atoms with Crippen LogP contribution in [0.2, 0.25) is 0 Å². The highest BCUT2D eigenvalue weighted by Gasteiger charge is 2.56. The van der Waals surface area contributed by atoms with E-state index in [0.29, 0.717) is 0 Å². The monoisotopic (exact) mass is 284 g/mol. The largest absolute Gasteiger partial charge is 0.469 e. The van der Waals surface area contributed by atoms with E-state index in [2.05, 4.69) is 11.3 Å². The number of hydrogen-bond acceptors (Lipinski definition) is 6. The topological polar surface area (TPSA) is 78.9 Å². The maximum atomic E-state index is 12.0. The van der Waals surface area contributed by atoms with Gasteiger partial charge in [0.2, 0.25) is 0 Å². The molecule has 0 radical (unpaired) electrons. The summed E-state index contributed by atoms with van der Waals surface area (Å²) in [6.07, 6.45) is 2.21. The van der Waals surface area contributed by atoms with Crippen LogP contribution in [0.5, 0.6) is 0 Å². The Hall–Kier alpha value is -1.85. The number of carbonyl (C=O) groups excluding carboxylic acids is 3. The predicted molar refractivity (Wildman–Crippen MR) is 69.5 cm³/mol. The Morgan fingerprint density at radius 3 is 2.05 bits per heavy atom. The normalized spacial score (nSPS) is 23.8. The van der Waals surface area contributed by atoms with E-state index in [1.54, 1.807) is 6.08 Å². The molecule has 0 aromatic rings. The zero-order chi connectivity index (χ0) is 15.3. The summed E-state index contributed by atoms with van der Waals surface area (Å²) in [6.45, 7) is 3.71. The smallest absolute Gasteiger partial charge is 0.323 e. The highest BCUT2D eigenvalue weighted by Crippen LogP contribution is 2.49. The molecule has 0 saturated heterocycles. The lowest BCUT2D eigenvalue weighted by molar-refractivity contribution is -0.169. The van der Waals surface area contributed by atoms with Crippen LogP contribution in [0.1, 0.15) is 19.3 Å². The molecule has 1 rings (SSSR count). The van der Waals surface area contributed by atoms with Gasteiger partial charge in [-0.15, -0.1) is 6.58 Å². The average Bonchev–Trinajstić information content (AvgIpc) is 2.84. The molecule has 0 aliphatic heterocycles. The third kappa shape index (κ3) is 2.84. The molecular formula is C14H20O6. The third-order valence-electron chi connectivity index (χ3n) is 3.91. The number of carbonyl (C=O) groups is 3. The van der Waals surface area contributed by atoms with Gasteiger partial charge in [-0.25, -0.2) is 0 Å². The van der Waals surface area contributed by atoms with E-state index in [0.717, 1.165) is 0 Å². The van der Waals surface area contributed by atoms with Crippen LogP contribution in [-0.4, -0.2) is 39.2 Å². The van der Waals surface area contributed by atoms with Crippen molar-refractivity contribution in [1.82, 2.24) is 0 Å². The Balaban J connectivity index is 3.05. The molecule has 20 heavy (non-hydrogen) atoms. The van der Waals surface area contributed by atoms with Gasteiger partial charge in [0, 0.05) is 6.42 Å². The number of ether oxygens (including phenoxy) is 3. The summed E-state index contributed by atoms with van der Waals surface area (Å²) in [5, 5.41) is 0. The zero-order valence-corrected chi connectivity index (χ0v) is 12.0. The predicted octanol–water partition coefficient (Wildman–Crippen LogP) is 1.09. The van der Waals surface area contributed by atoms with Crippen molar-refractivity contribution in [2.45, 2.75) is 19.3 Å². The first-order valence-electron chi connectivity index (χ1n) is 6.31. The summed E-state index contributed by atoms with van der Waals surface area (Å²) in [5.41, 5.74) is -1.36. The molecule has 1 aliphatic carbocycles. The SMILES string of the molecule is C=C[C@@H]1CC(C(=O)OC)(C(=O)OC)C[C@@H]1CC(=O)OC. The van der Waals surface area contributed by atoms with Crippen molar-refractivity contribution < 1.29 is 28.6 Å². The summed E-state index contributed by atoms with van der Waals surface area (Å²) in [7, 11) is 3.75. The van der Waals surface area contributed by atoms with Crippen LogP contribution in [0, 0.1) is 17.3 Å². The van der Waals surface area contributed by atoms with Crippen molar-refractivity contribution in [2.75, 3.05) is 21.3 Å². The summed E-state index contributed by atoms with van der Waals surface area (Å²) in [6, 6.07) is 0. The van der Waals surface area contributed by atoms with E-state index in [1.165, 1.54) is 21.3 Å². The van der Waals surface area contributed by atoms with Gasteiger partial charge in [-0.1, -0.05) is 6.08 Å². The molecule has 0 bridgehead atoms. The molecule has 1 fully saturated rings. The lowest BCUT2D eigenvalue weighted by atomic mass is 9.84. The first-order valence-corrected chi connectivity index (χ1v) is 6.31. The van der Waals surface area contributed by atoms with E-state index in [1.807, 2.05) is 0 Å². The third-order valence-corrected chi connectivity index (χ3v) is 3.91. The Labute approximate surface area is 118 Å². The highest BCUT2D eigenvalue weighted by molar-refractivity contribution is 6.00. The highest BCUT2D eigenvalue weighted by atomic mass is 16.5. The molecule has 0 heterocycles. The van der Waals surface area contributed by atoms with Gasteiger partial charge in [0.05, 0.1) is 21.3 Å². The van der Waals surface area contributed by atoms with Crippen molar-refractivity contribution in [1.29, 1.82) is 0 Å². The van der Waals surface area contributed by atoms with Crippen LogP contribution in [0.25, 0.3) is 0 Å². The molecule has 0 spiro atoms. The lowest BCUT2D eigenvalue weighted by Crippen LogP contribution is -2.39. The maximum absolute atomic E-state index is 12.0.